The molecular weight excluding hydrogens is 384 g/mol. The molecule has 0 aliphatic carbocycles. The molecular formula is C22H16N4O4. The molecule has 0 amide bonds. The van der Waals surface area contributed by atoms with Gasteiger partial charge in [-0.1, -0.05) is 17.3 Å². The number of nitrogens with zero attached hydrogens (tertiary/aromatic N) is 4. The smallest absolute Gasteiger partial charge is 0.305 e. The summed E-state index contributed by atoms with van der Waals surface area (Å²) in [7, 11) is 0. The van der Waals surface area contributed by atoms with E-state index >= 15 is 0 Å². The number of hydrogen-bond donors (Lipinski definition) is 2. The van der Waals surface area contributed by atoms with Crippen LogP contribution >= 0.6 is 0 Å². The molecule has 1 unspecified atom stereocenters. The first-order valence-electron chi connectivity index (χ1n) is 9.46. The molecule has 8 heteroatoms. The van der Waals surface area contributed by atoms with Gasteiger partial charge in [-0.25, -0.2) is 0 Å². The number of fused-ring (bicyclic) bond motifs is 3. The van der Waals surface area contributed by atoms with Gasteiger partial charge in [0.25, 0.3) is 5.89 Å². The van der Waals surface area contributed by atoms with Crippen molar-refractivity contribution in [2.24, 2.45) is 0 Å². The molecule has 2 N–H and O–H groups in total. The molecule has 1 aliphatic heterocycles. The van der Waals surface area contributed by atoms with E-state index in [4.69, 9.17) is 9.78 Å². The molecule has 3 heterocycles. The molecule has 2 aromatic heterocycles. The van der Waals surface area contributed by atoms with Crippen LogP contribution in [0.15, 0.2) is 47.0 Å². The minimum Gasteiger partial charge on any atom is -0.507 e. The number of aryl methyl sites for hydroxylation is 1. The van der Waals surface area contributed by atoms with Crippen molar-refractivity contribution in [2.45, 2.75) is 25.3 Å². The van der Waals surface area contributed by atoms with Crippen LogP contribution in [0.4, 0.5) is 0 Å². The van der Waals surface area contributed by atoms with Gasteiger partial charge in [-0.2, -0.15) is 10.2 Å². The minimum absolute atomic E-state index is 0.0625. The Morgan fingerprint density at radius 3 is 2.87 bits per heavy atom. The molecule has 148 valence electrons. The predicted molar refractivity (Wildman–Crippen MR) is 107 cm³/mol. The van der Waals surface area contributed by atoms with Crippen LogP contribution in [0.2, 0.25) is 0 Å². The molecule has 0 spiro atoms. The highest BCUT2D eigenvalue weighted by Crippen LogP contribution is 2.36. The number of carboxylic acid groups (broad SMARTS) is 1. The van der Waals surface area contributed by atoms with Gasteiger partial charge in [0.1, 0.15) is 11.8 Å². The molecule has 30 heavy (non-hydrogen) atoms. The molecule has 0 bridgehead atoms. The molecule has 8 nitrogen and oxygen atoms in total. The summed E-state index contributed by atoms with van der Waals surface area (Å²) in [5, 5.41) is 33.1. The van der Waals surface area contributed by atoms with Gasteiger partial charge in [-0.15, -0.1) is 0 Å². The number of phenols is 1. The quantitative estimate of drug-likeness (QED) is 0.532. The van der Waals surface area contributed by atoms with Gasteiger partial charge in [0.2, 0.25) is 5.82 Å². The average Bonchev–Trinajstić information content (AvgIpc) is 3.44. The van der Waals surface area contributed by atoms with Crippen molar-refractivity contribution >= 4 is 16.9 Å². The van der Waals surface area contributed by atoms with Crippen molar-refractivity contribution in [1.29, 1.82) is 5.26 Å². The van der Waals surface area contributed by atoms with Crippen LogP contribution < -0.4 is 0 Å². The molecule has 1 atom stereocenters. The Kier molecular flexibility index (Phi) is 4.03. The zero-order valence-corrected chi connectivity index (χ0v) is 15.7. The summed E-state index contributed by atoms with van der Waals surface area (Å²) >= 11 is 0. The standard InChI is InChI=1S/C22H16N4O4/c23-11-15-7-14(3-6-19(15)27)22-24-21(25-30-22)13-2-1-12-8-16-4-5-17(10-20(28)29)26(16)18(12)9-13/h1-3,6-9,17,27H,4-5,10H2,(H,28,29). The first kappa shape index (κ1) is 17.9. The molecule has 0 radical (unpaired) electrons. The monoisotopic (exact) mass is 400 g/mol. The Balaban J connectivity index is 1.54. The fraction of sp³-hybridized carbons (Fsp3) is 0.182. The van der Waals surface area contributed by atoms with Gasteiger partial charge >= 0.3 is 5.97 Å². The summed E-state index contributed by atoms with van der Waals surface area (Å²) in [5.74, 6) is -0.281. The van der Waals surface area contributed by atoms with Crippen LogP contribution in [0.25, 0.3) is 33.7 Å². The Labute approximate surface area is 170 Å². The van der Waals surface area contributed by atoms with E-state index in [-0.39, 0.29) is 29.7 Å². The van der Waals surface area contributed by atoms with E-state index in [9.17, 15) is 15.0 Å². The molecule has 0 fully saturated rings. The van der Waals surface area contributed by atoms with Crippen LogP contribution in [0, 0.1) is 11.3 Å². The largest absolute Gasteiger partial charge is 0.507 e. The average molecular weight is 400 g/mol. The number of nitriles is 1. The van der Waals surface area contributed by atoms with Gasteiger partial charge in [0.15, 0.2) is 0 Å². The third-order valence-electron chi connectivity index (χ3n) is 5.48. The number of hydrogen-bond acceptors (Lipinski definition) is 6. The lowest BCUT2D eigenvalue weighted by Gasteiger charge is -2.13. The van der Waals surface area contributed by atoms with Crippen LogP contribution in [-0.2, 0) is 11.2 Å². The number of rotatable bonds is 4. The second-order valence-electron chi connectivity index (χ2n) is 7.34. The normalized spacial score (nSPS) is 15.2. The summed E-state index contributed by atoms with van der Waals surface area (Å²) in [5.41, 5.74) is 3.50. The van der Waals surface area contributed by atoms with Crippen molar-refractivity contribution in [3.63, 3.8) is 0 Å². The Morgan fingerprint density at radius 1 is 1.23 bits per heavy atom. The predicted octanol–water partition coefficient (Wildman–Crippen LogP) is 3.90. The summed E-state index contributed by atoms with van der Waals surface area (Å²) in [6.07, 6.45) is 1.77. The summed E-state index contributed by atoms with van der Waals surface area (Å²) in [6, 6.07) is 14.3. The summed E-state index contributed by atoms with van der Waals surface area (Å²) in [4.78, 5) is 15.7. The van der Waals surface area contributed by atoms with Gasteiger partial charge < -0.3 is 19.3 Å². The third kappa shape index (κ3) is 2.88. The number of phenolic OH excluding ortho intramolecular Hbond substituents is 1. The van der Waals surface area contributed by atoms with Crippen molar-refractivity contribution in [3.05, 3.63) is 53.7 Å². The van der Waals surface area contributed by atoms with E-state index in [2.05, 4.69) is 20.8 Å². The van der Waals surface area contributed by atoms with Crippen LogP contribution in [0.3, 0.4) is 0 Å². The second-order valence-corrected chi connectivity index (χ2v) is 7.34. The number of aromatic hydroxyl groups is 1. The Bertz CT molecular complexity index is 1350. The van der Waals surface area contributed by atoms with E-state index < -0.39 is 5.97 Å². The highest BCUT2D eigenvalue weighted by molar-refractivity contribution is 5.86. The lowest BCUT2D eigenvalue weighted by atomic mass is 10.1. The van der Waals surface area contributed by atoms with E-state index in [1.165, 1.54) is 12.1 Å². The number of carbonyl (C=O) groups is 1. The molecule has 0 saturated heterocycles. The minimum atomic E-state index is -0.806. The second kappa shape index (κ2) is 6.74. The van der Waals surface area contributed by atoms with Gasteiger partial charge in [0, 0.05) is 28.4 Å². The fourth-order valence-electron chi connectivity index (χ4n) is 4.10. The first-order chi connectivity index (χ1) is 14.5. The van der Waals surface area contributed by atoms with Crippen molar-refractivity contribution in [2.75, 3.05) is 0 Å². The highest BCUT2D eigenvalue weighted by Gasteiger charge is 2.26. The van der Waals surface area contributed by atoms with Crippen LogP contribution in [0.5, 0.6) is 5.75 Å². The lowest BCUT2D eigenvalue weighted by molar-refractivity contribution is -0.137. The number of aliphatic carboxylic acids is 1. The number of carboxylic acids is 1. The summed E-state index contributed by atoms with van der Waals surface area (Å²) in [6.45, 7) is 0. The van der Waals surface area contributed by atoms with E-state index in [1.54, 1.807) is 6.07 Å². The van der Waals surface area contributed by atoms with Gasteiger partial charge in [-0.3, -0.25) is 4.79 Å². The molecule has 5 rings (SSSR count). The van der Waals surface area contributed by atoms with Gasteiger partial charge in [0.05, 0.1) is 12.0 Å². The third-order valence-corrected chi connectivity index (χ3v) is 5.48. The SMILES string of the molecule is N#Cc1cc(-c2nc(-c3ccc4cc5n(c4c3)C(CC(=O)O)CC5)no2)ccc1O. The Hall–Kier alpha value is -4.12. The van der Waals surface area contributed by atoms with Gasteiger partial charge in [-0.05, 0) is 48.6 Å². The highest BCUT2D eigenvalue weighted by atomic mass is 16.5. The van der Waals surface area contributed by atoms with Crippen molar-refractivity contribution < 1.29 is 19.5 Å². The zero-order chi connectivity index (χ0) is 20.8. The summed E-state index contributed by atoms with van der Waals surface area (Å²) < 4.78 is 7.47. The van der Waals surface area contributed by atoms with E-state index in [0.29, 0.717) is 11.4 Å². The molecule has 1 aliphatic rings. The Morgan fingerprint density at radius 2 is 2.07 bits per heavy atom. The van der Waals surface area contributed by atoms with Crippen molar-refractivity contribution in [3.8, 4) is 34.7 Å². The fourth-order valence-corrected chi connectivity index (χ4v) is 4.10. The molecule has 4 aromatic rings. The zero-order valence-electron chi connectivity index (χ0n) is 15.7. The first-order valence-corrected chi connectivity index (χ1v) is 9.46. The number of benzene rings is 2. The maximum absolute atomic E-state index is 11.2. The maximum Gasteiger partial charge on any atom is 0.305 e. The lowest BCUT2D eigenvalue weighted by Crippen LogP contribution is -2.09. The topological polar surface area (TPSA) is 125 Å². The molecule has 0 saturated carbocycles. The van der Waals surface area contributed by atoms with Crippen LogP contribution in [-0.4, -0.2) is 30.9 Å². The number of aromatic nitrogens is 3. The molecule has 2 aromatic carbocycles. The van der Waals surface area contributed by atoms with E-state index in [0.717, 1.165) is 35.0 Å². The van der Waals surface area contributed by atoms with Crippen molar-refractivity contribution in [1.82, 2.24) is 14.7 Å². The maximum atomic E-state index is 11.2. The van der Waals surface area contributed by atoms with E-state index in [1.807, 2.05) is 24.3 Å². The van der Waals surface area contributed by atoms with Crippen LogP contribution in [0.1, 0.15) is 30.1 Å².